The standard InChI is InChI=1S/C28H30FN5O3/c1-4-19-6-12-23(24-17-32-34(25(24)14-19)22-10-8-21(29)9-11-22)27(35)31-16-20-7-13-26(30-15-20)33-18(3)28(36)37-5-2/h7-15,17-18H,4-6,16H2,1-3H3,(H,30,33)(H,31,35). The molecule has 3 aromatic rings. The van der Waals surface area contributed by atoms with Crippen molar-refractivity contribution in [3.63, 3.8) is 0 Å². The Morgan fingerprint density at radius 1 is 1.14 bits per heavy atom. The first kappa shape index (κ1) is 25.8. The highest BCUT2D eigenvalue weighted by atomic mass is 19.1. The first-order valence-corrected chi connectivity index (χ1v) is 12.3. The van der Waals surface area contributed by atoms with Gasteiger partial charge in [-0.3, -0.25) is 4.79 Å². The molecule has 1 amide bonds. The molecule has 9 heteroatoms. The third-order valence-electron chi connectivity index (χ3n) is 6.06. The summed E-state index contributed by atoms with van der Waals surface area (Å²) in [7, 11) is 0. The minimum Gasteiger partial charge on any atom is -0.464 e. The molecule has 2 N–H and O–H groups in total. The topological polar surface area (TPSA) is 98.1 Å². The molecule has 1 aliphatic rings. The number of esters is 1. The van der Waals surface area contributed by atoms with Crippen LogP contribution in [0.5, 0.6) is 0 Å². The van der Waals surface area contributed by atoms with Crippen molar-refractivity contribution in [1.29, 1.82) is 0 Å². The Hall–Kier alpha value is -4.27. The number of anilines is 1. The number of benzene rings is 1. The summed E-state index contributed by atoms with van der Waals surface area (Å²) in [6.07, 6.45) is 8.78. The molecular formula is C28H30FN5O3. The molecule has 2 heterocycles. The molecule has 37 heavy (non-hydrogen) atoms. The molecule has 0 bridgehead atoms. The number of pyridine rings is 1. The summed E-state index contributed by atoms with van der Waals surface area (Å²) in [5.41, 5.74) is 4.74. The van der Waals surface area contributed by atoms with Crippen molar-refractivity contribution in [3.8, 4) is 5.69 Å². The molecule has 0 saturated heterocycles. The predicted molar refractivity (Wildman–Crippen MR) is 140 cm³/mol. The molecule has 1 aromatic carbocycles. The molecule has 0 radical (unpaired) electrons. The number of carbonyl (C=O) groups excluding carboxylic acids is 2. The lowest BCUT2D eigenvalue weighted by atomic mass is 10.1. The summed E-state index contributed by atoms with van der Waals surface area (Å²) in [6.45, 7) is 6.14. The number of nitrogens with one attached hydrogen (secondary N) is 2. The molecule has 0 saturated carbocycles. The van der Waals surface area contributed by atoms with Gasteiger partial charge in [0.05, 0.1) is 24.2 Å². The molecule has 2 aromatic heterocycles. The minimum atomic E-state index is -0.521. The van der Waals surface area contributed by atoms with Crippen LogP contribution in [0.15, 0.2) is 60.4 Å². The van der Waals surface area contributed by atoms with Gasteiger partial charge < -0.3 is 15.4 Å². The third-order valence-corrected chi connectivity index (χ3v) is 6.06. The van der Waals surface area contributed by atoms with E-state index in [1.165, 1.54) is 12.1 Å². The molecule has 192 valence electrons. The highest BCUT2D eigenvalue weighted by Gasteiger charge is 2.22. The van der Waals surface area contributed by atoms with Crippen LogP contribution in [0.4, 0.5) is 10.2 Å². The maximum absolute atomic E-state index is 13.4. The lowest BCUT2D eigenvalue weighted by Crippen LogP contribution is -2.28. The second-order valence-corrected chi connectivity index (χ2v) is 8.66. The first-order chi connectivity index (χ1) is 17.9. The Bertz CT molecular complexity index is 1330. The maximum Gasteiger partial charge on any atom is 0.328 e. The van der Waals surface area contributed by atoms with Crippen LogP contribution in [-0.2, 0) is 20.9 Å². The third kappa shape index (κ3) is 6.11. The van der Waals surface area contributed by atoms with E-state index in [0.29, 0.717) is 30.1 Å². The lowest BCUT2D eigenvalue weighted by molar-refractivity contribution is -0.143. The smallest absolute Gasteiger partial charge is 0.328 e. The number of allylic oxidation sites excluding steroid dienone is 2. The van der Waals surface area contributed by atoms with E-state index in [4.69, 9.17) is 4.74 Å². The van der Waals surface area contributed by atoms with Gasteiger partial charge in [0, 0.05) is 23.9 Å². The predicted octanol–water partition coefficient (Wildman–Crippen LogP) is 4.67. The maximum atomic E-state index is 13.4. The van der Waals surface area contributed by atoms with Gasteiger partial charge in [0.25, 0.3) is 5.91 Å². The average Bonchev–Trinajstić information content (AvgIpc) is 3.21. The van der Waals surface area contributed by atoms with Gasteiger partial charge >= 0.3 is 5.97 Å². The number of nitrogens with zero attached hydrogens (tertiary/aromatic N) is 3. The highest BCUT2D eigenvalue weighted by Crippen LogP contribution is 2.30. The summed E-state index contributed by atoms with van der Waals surface area (Å²) in [5.74, 6) is -0.347. The van der Waals surface area contributed by atoms with Gasteiger partial charge in [-0.2, -0.15) is 5.10 Å². The van der Waals surface area contributed by atoms with E-state index >= 15 is 0 Å². The number of hydrogen-bond donors (Lipinski definition) is 2. The number of ether oxygens (including phenoxy) is 1. The average molecular weight is 504 g/mol. The van der Waals surface area contributed by atoms with Gasteiger partial charge in [0.1, 0.15) is 17.7 Å². The van der Waals surface area contributed by atoms with Gasteiger partial charge in [-0.25, -0.2) is 18.9 Å². The molecule has 1 unspecified atom stereocenters. The summed E-state index contributed by atoms with van der Waals surface area (Å²) in [4.78, 5) is 29.4. The van der Waals surface area contributed by atoms with Crippen molar-refractivity contribution < 1.29 is 18.7 Å². The van der Waals surface area contributed by atoms with E-state index in [9.17, 15) is 14.0 Å². The molecule has 8 nitrogen and oxygen atoms in total. The number of aromatic nitrogens is 3. The fourth-order valence-corrected chi connectivity index (χ4v) is 3.99. The second-order valence-electron chi connectivity index (χ2n) is 8.66. The van der Waals surface area contributed by atoms with Crippen LogP contribution in [0.25, 0.3) is 17.3 Å². The Morgan fingerprint density at radius 2 is 1.92 bits per heavy atom. The number of halogens is 1. The van der Waals surface area contributed by atoms with Crippen molar-refractivity contribution >= 4 is 29.3 Å². The van der Waals surface area contributed by atoms with Crippen molar-refractivity contribution in [2.45, 2.75) is 46.2 Å². The Kier molecular flexibility index (Phi) is 8.12. The van der Waals surface area contributed by atoms with Crippen molar-refractivity contribution in [1.82, 2.24) is 20.1 Å². The van der Waals surface area contributed by atoms with E-state index in [1.54, 1.807) is 49.1 Å². The lowest BCUT2D eigenvalue weighted by Gasteiger charge is -2.13. The van der Waals surface area contributed by atoms with Gasteiger partial charge in [-0.1, -0.05) is 24.6 Å². The van der Waals surface area contributed by atoms with Gasteiger partial charge in [-0.05, 0) is 68.7 Å². The summed E-state index contributed by atoms with van der Waals surface area (Å²) >= 11 is 0. The zero-order valence-electron chi connectivity index (χ0n) is 21.1. The molecule has 0 spiro atoms. The Balaban J connectivity index is 1.47. The largest absolute Gasteiger partial charge is 0.464 e. The van der Waals surface area contributed by atoms with Crippen LogP contribution in [0.1, 0.15) is 50.4 Å². The van der Waals surface area contributed by atoms with Crippen molar-refractivity contribution in [3.05, 3.63) is 83.1 Å². The molecule has 4 rings (SSSR count). The van der Waals surface area contributed by atoms with Crippen molar-refractivity contribution in [2.75, 3.05) is 11.9 Å². The summed E-state index contributed by atoms with van der Waals surface area (Å²) < 4.78 is 20.2. The first-order valence-electron chi connectivity index (χ1n) is 12.3. The fraction of sp³-hybridized carbons (Fsp3) is 0.286. The second kappa shape index (κ2) is 11.6. The van der Waals surface area contributed by atoms with Crippen LogP contribution >= 0.6 is 0 Å². The minimum absolute atomic E-state index is 0.219. The summed E-state index contributed by atoms with van der Waals surface area (Å²) in [5, 5.41) is 10.5. The molecule has 0 fully saturated rings. The number of rotatable bonds is 9. The van der Waals surface area contributed by atoms with Crippen molar-refractivity contribution in [2.24, 2.45) is 0 Å². The van der Waals surface area contributed by atoms with Crippen LogP contribution in [0.3, 0.4) is 0 Å². The quantitative estimate of drug-likeness (QED) is 0.412. The monoisotopic (exact) mass is 503 g/mol. The normalized spacial score (nSPS) is 13.5. The van der Waals surface area contributed by atoms with Crippen LogP contribution in [-0.4, -0.2) is 39.3 Å². The van der Waals surface area contributed by atoms with Crippen LogP contribution in [0.2, 0.25) is 0 Å². The number of carbonyl (C=O) groups is 2. The Morgan fingerprint density at radius 3 is 2.59 bits per heavy atom. The van der Waals surface area contributed by atoms with Gasteiger partial charge in [0.2, 0.25) is 0 Å². The SMILES string of the molecule is CCOC(=O)C(C)Nc1ccc(CNC(=O)C2=CCC(CC)=Cc3c2cnn3-c2ccc(F)cc2)cn1. The van der Waals surface area contributed by atoms with Crippen LogP contribution < -0.4 is 10.6 Å². The number of hydrogen-bond acceptors (Lipinski definition) is 6. The molecule has 1 aliphatic carbocycles. The Labute approximate surface area is 215 Å². The fourth-order valence-electron chi connectivity index (χ4n) is 3.99. The van der Waals surface area contributed by atoms with E-state index in [-0.39, 0.29) is 24.2 Å². The molecular weight excluding hydrogens is 473 g/mol. The van der Waals surface area contributed by atoms with Gasteiger partial charge in [-0.15, -0.1) is 0 Å². The number of amides is 1. The zero-order chi connectivity index (χ0) is 26.4. The molecule has 0 aliphatic heterocycles. The van der Waals surface area contributed by atoms with E-state index in [2.05, 4.69) is 33.7 Å². The van der Waals surface area contributed by atoms with E-state index < -0.39 is 6.04 Å². The van der Waals surface area contributed by atoms with Gasteiger partial charge in [0.15, 0.2) is 0 Å². The summed E-state index contributed by atoms with van der Waals surface area (Å²) in [6, 6.07) is 9.17. The van der Waals surface area contributed by atoms with E-state index in [1.807, 2.05) is 12.1 Å². The highest BCUT2D eigenvalue weighted by molar-refractivity contribution is 6.20. The van der Waals surface area contributed by atoms with E-state index in [0.717, 1.165) is 28.8 Å². The zero-order valence-corrected chi connectivity index (χ0v) is 21.1. The number of fused-ring (bicyclic) bond motifs is 1. The molecule has 1 atom stereocenters. The van der Waals surface area contributed by atoms with Crippen LogP contribution in [0, 0.1) is 5.82 Å².